The largest absolute Gasteiger partial charge is 0.455 e. The number of carbonyl (C=O) groups excluding carboxylic acids is 2. The third-order valence-corrected chi connectivity index (χ3v) is 3.46. The highest BCUT2D eigenvalue weighted by Gasteiger charge is 2.40. The van der Waals surface area contributed by atoms with Gasteiger partial charge in [0.2, 0.25) is 0 Å². The van der Waals surface area contributed by atoms with Gasteiger partial charge in [-0.25, -0.2) is 4.39 Å². The maximum absolute atomic E-state index is 13.4. The molecule has 1 aromatic carbocycles. The summed E-state index contributed by atoms with van der Waals surface area (Å²) in [4.78, 5) is 22.9. The molecule has 0 aliphatic heterocycles. The first-order valence-corrected chi connectivity index (χ1v) is 6.68. The van der Waals surface area contributed by atoms with E-state index in [0.717, 1.165) is 6.42 Å². The molecule has 1 fully saturated rings. The number of nitrogens with one attached hydrogen (secondary N) is 1. The van der Waals surface area contributed by atoms with Gasteiger partial charge >= 0.3 is 5.97 Å². The minimum absolute atomic E-state index is 0.0593. The fraction of sp³-hybridized carbons (Fsp3) is 0.385. The molecule has 0 radical (unpaired) electrons. The van der Waals surface area contributed by atoms with E-state index in [4.69, 9.17) is 4.74 Å². The van der Waals surface area contributed by atoms with Crippen molar-refractivity contribution in [2.24, 2.45) is 11.8 Å². The van der Waals surface area contributed by atoms with E-state index in [0.29, 0.717) is 10.4 Å². The fourth-order valence-corrected chi connectivity index (χ4v) is 2.00. The lowest BCUT2D eigenvalue weighted by Gasteiger charge is -2.07. The zero-order chi connectivity index (χ0) is 14.0. The van der Waals surface area contributed by atoms with Crippen molar-refractivity contribution in [1.82, 2.24) is 0 Å². The van der Waals surface area contributed by atoms with Crippen molar-refractivity contribution in [3.05, 3.63) is 28.5 Å². The average Bonchev–Trinajstić information content (AvgIpc) is 3.07. The summed E-state index contributed by atoms with van der Waals surface area (Å²) in [6, 6.07) is 4.28. The van der Waals surface area contributed by atoms with Crippen LogP contribution in [0.3, 0.4) is 0 Å². The van der Waals surface area contributed by atoms with Crippen molar-refractivity contribution in [3.8, 4) is 0 Å². The summed E-state index contributed by atoms with van der Waals surface area (Å²) < 4.78 is 18.9. The van der Waals surface area contributed by atoms with E-state index in [1.807, 2.05) is 6.92 Å². The number of rotatable bonds is 4. The van der Waals surface area contributed by atoms with Gasteiger partial charge in [-0.1, -0.05) is 22.9 Å². The summed E-state index contributed by atoms with van der Waals surface area (Å²) in [5.41, 5.74) is 0.0593. The lowest BCUT2D eigenvalue weighted by Crippen LogP contribution is -2.22. The Bertz CT molecular complexity index is 521. The second-order valence-electron chi connectivity index (χ2n) is 4.60. The number of esters is 1. The maximum Gasteiger partial charge on any atom is 0.309 e. The Morgan fingerprint density at radius 2 is 2.21 bits per heavy atom. The monoisotopic (exact) mass is 329 g/mol. The molecule has 1 amide bonds. The zero-order valence-electron chi connectivity index (χ0n) is 10.3. The van der Waals surface area contributed by atoms with Gasteiger partial charge in [0.05, 0.1) is 11.6 Å². The van der Waals surface area contributed by atoms with E-state index < -0.39 is 18.3 Å². The minimum Gasteiger partial charge on any atom is -0.455 e. The van der Waals surface area contributed by atoms with E-state index in [1.165, 1.54) is 12.1 Å². The average molecular weight is 330 g/mol. The Labute approximate surface area is 118 Å². The normalized spacial score (nSPS) is 20.8. The molecule has 2 atom stereocenters. The topological polar surface area (TPSA) is 55.4 Å². The molecule has 0 heterocycles. The highest BCUT2D eigenvalue weighted by atomic mass is 79.9. The molecule has 1 saturated carbocycles. The van der Waals surface area contributed by atoms with Crippen molar-refractivity contribution in [3.63, 3.8) is 0 Å². The van der Waals surface area contributed by atoms with Crippen LogP contribution in [0.1, 0.15) is 13.3 Å². The van der Waals surface area contributed by atoms with Crippen LogP contribution in [0, 0.1) is 17.7 Å². The van der Waals surface area contributed by atoms with Crippen LogP contribution >= 0.6 is 15.9 Å². The van der Waals surface area contributed by atoms with Crippen LogP contribution in [0.5, 0.6) is 0 Å². The van der Waals surface area contributed by atoms with Gasteiger partial charge in [0.15, 0.2) is 6.61 Å². The predicted molar refractivity (Wildman–Crippen MR) is 71.0 cm³/mol. The van der Waals surface area contributed by atoms with Crippen LogP contribution in [0.15, 0.2) is 22.7 Å². The number of ether oxygens (including phenoxy) is 1. The minimum atomic E-state index is -0.553. The summed E-state index contributed by atoms with van der Waals surface area (Å²) in [5.74, 6) is -1.22. The molecule has 6 heteroatoms. The summed E-state index contributed by atoms with van der Waals surface area (Å²) in [6.45, 7) is 1.56. The second kappa shape index (κ2) is 5.69. The van der Waals surface area contributed by atoms with E-state index in [2.05, 4.69) is 21.2 Å². The number of hydrogen-bond donors (Lipinski definition) is 1. The van der Waals surface area contributed by atoms with E-state index in [1.54, 1.807) is 6.07 Å². The molecule has 19 heavy (non-hydrogen) atoms. The number of carbonyl (C=O) groups is 2. The van der Waals surface area contributed by atoms with Gasteiger partial charge in [-0.05, 0) is 30.5 Å². The summed E-state index contributed by atoms with van der Waals surface area (Å²) in [6.07, 6.45) is 0.807. The Morgan fingerprint density at radius 1 is 1.53 bits per heavy atom. The van der Waals surface area contributed by atoms with Crippen LogP contribution in [0.4, 0.5) is 10.1 Å². The van der Waals surface area contributed by atoms with Gasteiger partial charge in [-0.2, -0.15) is 0 Å². The predicted octanol–water partition coefficient (Wildman–Crippen LogP) is 2.73. The molecule has 1 aromatic rings. The van der Waals surface area contributed by atoms with Crippen molar-refractivity contribution in [1.29, 1.82) is 0 Å². The van der Waals surface area contributed by atoms with Crippen LogP contribution in [0.2, 0.25) is 0 Å². The molecule has 1 aliphatic carbocycles. The molecule has 0 unspecified atom stereocenters. The van der Waals surface area contributed by atoms with Crippen molar-refractivity contribution in [2.75, 3.05) is 11.9 Å². The molecular weight excluding hydrogens is 317 g/mol. The summed E-state index contributed by atoms with van der Waals surface area (Å²) in [5, 5.41) is 2.35. The van der Waals surface area contributed by atoms with E-state index in [-0.39, 0.29) is 17.6 Å². The lowest BCUT2D eigenvalue weighted by atomic mass is 10.3. The van der Waals surface area contributed by atoms with Crippen LogP contribution in [-0.4, -0.2) is 18.5 Å². The second-order valence-corrected chi connectivity index (χ2v) is 5.52. The fourth-order valence-electron chi connectivity index (χ4n) is 1.67. The first-order chi connectivity index (χ1) is 8.97. The highest BCUT2D eigenvalue weighted by molar-refractivity contribution is 9.10. The molecular formula is C13H13BrFNO3. The number of hydrogen-bond acceptors (Lipinski definition) is 3. The van der Waals surface area contributed by atoms with Gasteiger partial charge in [-0.3, -0.25) is 9.59 Å². The molecule has 0 aromatic heterocycles. The van der Waals surface area contributed by atoms with Gasteiger partial charge in [-0.15, -0.1) is 0 Å². The highest BCUT2D eigenvalue weighted by Crippen LogP contribution is 2.38. The molecule has 102 valence electrons. The lowest BCUT2D eigenvalue weighted by molar-refractivity contribution is -0.148. The van der Waals surface area contributed by atoms with Gasteiger partial charge in [0, 0.05) is 4.47 Å². The molecule has 1 N–H and O–H groups in total. The van der Waals surface area contributed by atoms with Crippen molar-refractivity contribution < 1.29 is 18.7 Å². The number of amides is 1. The van der Waals surface area contributed by atoms with Crippen LogP contribution in [-0.2, 0) is 14.3 Å². The molecule has 4 nitrogen and oxygen atoms in total. The summed E-state index contributed by atoms with van der Waals surface area (Å²) >= 11 is 3.12. The standard InChI is InChI=1S/C13H13BrFNO3/c1-7-4-9(7)13(18)19-6-12(17)16-11-3-2-8(14)5-10(11)15/h2-3,5,7,9H,4,6H2,1H3,(H,16,17)/t7-,9+/m0/s1. The first-order valence-electron chi connectivity index (χ1n) is 5.89. The number of benzene rings is 1. The van der Waals surface area contributed by atoms with Gasteiger partial charge < -0.3 is 10.1 Å². The Morgan fingerprint density at radius 3 is 2.79 bits per heavy atom. The van der Waals surface area contributed by atoms with Crippen molar-refractivity contribution in [2.45, 2.75) is 13.3 Å². The van der Waals surface area contributed by atoms with Crippen LogP contribution < -0.4 is 5.32 Å². The molecule has 2 rings (SSSR count). The quantitative estimate of drug-likeness (QED) is 0.864. The summed E-state index contributed by atoms with van der Waals surface area (Å²) in [7, 11) is 0. The zero-order valence-corrected chi connectivity index (χ0v) is 11.9. The third-order valence-electron chi connectivity index (χ3n) is 2.96. The van der Waals surface area contributed by atoms with Crippen LogP contribution in [0.25, 0.3) is 0 Å². The van der Waals surface area contributed by atoms with Gasteiger partial charge in [0.25, 0.3) is 5.91 Å². The smallest absolute Gasteiger partial charge is 0.309 e. The Balaban J connectivity index is 1.82. The van der Waals surface area contributed by atoms with E-state index in [9.17, 15) is 14.0 Å². The molecule has 0 spiro atoms. The van der Waals surface area contributed by atoms with Crippen molar-refractivity contribution >= 4 is 33.5 Å². The number of anilines is 1. The third kappa shape index (κ3) is 3.76. The molecule has 0 bridgehead atoms. The van der Waals surface area contributed by atoms with Gasteiger partial charge in [0.1, 0.15) is 5.82 Å². The molecule has 1 aliphatic rings. The maximum atomic E-state index is 13.4. The Kier molecular flexibility index (Phi) is 4.19. The number of halogens is 2. The first kappa shape index (κ1) is 14.0. The Hall–Kier alpha value is -1.43. The SMILES string of the molecule is C[C@H]1C[C@H]1C(=O)OCC(=O)Nc1ccc(Br)cc1F. The molecule has 0 saturated heterocycles. The van der Waals surface area contributed by atoms with E-state index >= 15 is 0 Å².